The third-order valence-electron chi connectivity index (χ3n) is 4.47. The topological polar surface area (TPSA) is 24.9 Å². The molecule has 1 heterocycles. The van der Waals surface area contributed by atoms with Crippen LogP contribution in [-0.2, 0) is 5.41 Å². The van der Waals surface area contributed by atoms with Crippen molar-refractivity contribution in [1.29, 1.82) is 0 Å². The smallest absolute Gasteiger partial charge is 0.0346 e. The standard InChI is InChI=1S/C16H20N2/c1-16(8-7-13(9-16)17-2)15-11-18-10-12-5-3-4-6-14(12)15/h3-6,10-11,13,17H,7-9H2,1-2H3. The van der Waals surface area contributed by atoms with Crippen molar-refractivity contribution in [2.45, 2.75) is 37.6 Å². The predicted molar refractivity (Wildman–Crippen MR) is 75.8 cm³/mol. The van der Waals surface area contributed by atoms with E-state index < -0.39 is 0 Å². The van der Waals surface area contributed by atoms with Gasteiger partial charge in [-0.15, -0.1) is 0 Å². The number of fused-ring (bicyclic) bond motifs is 1. The van der Waals surface area contributed by atoms with Crippen LogP contribution in [0.3, 0.4) is 0 Å². The number of hydrogen-bond donors (Lipinski definition) is 1. The summed E-state index contributed by atoms with van der Waals surface area (Å²) in [5.74, 6) is 0. The van der Waals surface area contributed by atoms with Crippen LogP contribution in [-0.4, -0.2) is 18.1 Å². The zero-order valence-corrected chi connectivity index (χ0v) is 11.1. The van der Waals surface area contributed by atoms with Crippen LogP contribution in [0.4, 0.5) is 0 Å². The van der Waals surface area contributed by atoms with Gasteiger partial charge in [-0.05, 0) is 42.7 Å². The van der Waals surface area contributed by atoms with E-state index in [9.17, 15) is 0 Å². The quantitative estimate of drug-likeness (QED) is 0.871. The molecule has 1 saturated carbocycles. The number of benzene rings is 1. The van der Waals surface area contributed by atoms with Gasteiger partial charge >= 0.3 is 0 Å². The van der Waals surface area contributed by atoms with Crippen molar-refractivity contribution >= 4 is 10.8 Å². The Morgan fingerprint density at radius 3 is 2.89 bits per heavy atom. The highest BCUT2D eigenvalue weighted by Crippen LogP contribution is 2.42. The molecule has 0 bridgehead atoms. The minimum Gasteiger partial charge on any atom is -0.317 e. The molecule has 0 spiro atoms. The second-order valence-corrected chi connectivity index (χ2v) is 5.70. The zero-order valence-electron chi connectivity index (χ0n) is 11.1. The van der Waals surface area contributed by atoms with Crippen LogP contribution < -0.4 is 5.32 Å². The van der Waals surface area contributed by atoms with E-state index in [1.165, 1.54) is 35.6 Å². The highest BCUT2D eigenvalue weighted by Gasteiger charge is 2.36. The first-order valence-electron chi connectivity index (χ1n) is 6.73. The monoisotopic (exact) mass is 240 g/mol. The molecular weight excluding hydrogens is 220 g/mol. The molecule has 1 aliphatic rings. The van der Waals surface area contributed by atoms with Gasteiger partial charge in [0.2, 0.25) is 0 Å². The van der Waals surface area contributed by atoms with E-state index in [4.69, 9.17) is 0 Å². The van der Waals surface area contributed by atoms with Crippen molar-refractivity contribution in [1.82, 2.24) is 10.3 Å². The predicted octanol–water partition coefficient (Wildman–Crippen LogP) is 3.26. The van der Waals surface area contributed by atoms with Crippen LogP contribution in [0.25, 0.3) is 10.8 Å². The Morgan fingerprint density at radius 2 is 2.11 bits per heavy atom. The summed E-state index contributed by atoms with van der Waals surface area (Å²) in [6, 6.07) is 9.24. The Bertz CT molecular complexity index is 559. The van der Waals surface area contributed by atoms with Crippen molar-refractivity contribution in [3.63, 3.8) is 0 Å². The summed E-state index contributed by atoms with van der Waals surface area (Å²) in [4.78, 5) is 4.43. The van der Waals surface area contributed by atoms with E-state index in [1.54, 1.807) is 0 Å². The molecule has 0 saturated heterocycles. The van der Waals surface area contributed by atoms with Gasteiger partial charge in [0.15, 0.2) is 0 Å². The lowest BCUT2D eigenvalue weighted by atomic mass is 9.79. The van der Waals surface area contributed by atoms with Gasteiger partial charge in [0.25, 0.3) is 0 Å². The van der Waals surface area contributed by atoms with Crippen molar-refractivity contribution in [2.24, 2.45) is 0 Å². The number of hydrogen-bond acceptors (Lipinski definition) is 2. The van der Waals surface area contributed by atoms with E-state index in [-0.39, 0.29) is 5.41 Å². The molecule has 1 aromatic heterocycles. The highest BCUT2D eigenvalue weighted by molar-refractivity contribution is 5.85. The fourth-order valence-electron chi connectivity index (χ4n) is 3.33. The summed E-state index contributed by atoms with van der Waals surface area (Å²) in [5, 5.41) is 6.04. The van der Waals surface area contributed by atoms with Crippen LogP contribution in [0.1, 0.15) is 31.7 Å². The molecule has 0 amide bonds. The van der Waals surface area contributed by atoms with Gasteiger partial charge in [0, 0.05) is 23.8 Å². The Balaban J connectivity index is 2.09. The first-order chi connectivity index (χ1) is 8.73. The minimum atomic E-state index is 0.265. The number of aromatic nitrogens is 1. The number of rotatable bonds is 2. The van der Waals surface area contributed by atoms with Gasteiger partial charge < -0.3 is 5.32 Å². The molecule has 2 unspecified atom stereocenters. The maximum Gasteiger partial charge on any atom is 0.0346 e. The zero-order chi connectivity index (χ0) is 12.6. The fraction of sp³-hybridized carbons (Fsp3) is 0.438. The Kier molecular flexibility index (Phi) is 2.83. The third-order valence-corrected chi connectivity index (χ3v) is 4.47. The second-order valence-electron chi connectivity index (χ2n) is 5.70. The first-order valence-corrected chi connectivity index (χ1v) is 6.73. The van der Waals surface area contributed by atoms with Gasteiger partial charge in [-0.25, -0.2) is 0 Å². The average molecular weight is 240 g/mol. The molecule has 2 aromatic rings. The lowest BCUT2D eigenvalue weighted by molar-refractivity contribution is 0.469. The molecular formula is C16H20N2. The number of nitrogens with one attached hydrogen (secondary N) is 1. The molecule has 18 heavy (non-hydrogen) atoms. The fourth-order valence-corrected chi connectivity index (χ4v) is 3.33. The largest absolute Gasteiger partial charge is 0.317 e. The molecule has 0 radical (unpaired) electrons. The lowest BCUT2D eigenvalue weighted by Crippen LogP contribution is -2.26. The molecule has 2 heteroatoms. The normalized spacial score (nSPS) is 27.8. The van der Waals surface area contributed by atoms with Crippen LogP contribution in [0, 0.1) is 0 Å². The Labute approximate surface area is 108 Å². The highest BCUT2D eigenvalue weighted by atomic mass is 14.9. The van der Waals surface area contributed by atoms with Crippen LogP contribution in [0.15, 0.2) is 36.7 Å². The summed E-state index contributed by atoms with van der Waals surface area (Å²) < 4.78 is 0. The molecule has 2 atom stereocenters. The van der Waals surface area contributed by atoms with Crippen LogP contribution in [0.5, 0.6) is 0 Å². The van der Waals surface area contributed by atoms with Gasteiger partial charge in [0.1, 0.15) is 0 Å². The second kappa shape index (κ2) is 4.36. The van der Waals surface area contributed by atoms with E-state index in [0.717, 1.165) is 0 Å². The van der Waals surface area contributed by atoms with Crippen molar-refractivity contribution in [3.05, 3.63) is 42.2 Å². The van der Waals surface area contributed by atoms with Crippen LogP contribution in [0.2, 0.25) is 0 Å². The van der Waals surface area contributed by atoms with Crippen molar-refractivity contribution in [3.8, 4) is 0 Å². The average Bonchev–Trinajstić information content (AvgIpc) is 2.81. The SMILES string of the molecule is CNC1CCC(C)(c2cncc3ccccc23)C1. The maximum absolute atomic E-state index is 4.43. The van der Waals surface area contributed by atoms with Gasteiger partial charge in [0.05, 0.1) is 0 Å². The summed E-state index contributed by atoms with van der Waals surface area (Å²) in [7, 11) is 2.07. The third kappa shape index (κ3) is 1.81. The van der Waals surface area contributed by atoms with Crippen molar-refractivity contribution in [2.75, 3.05) is 7.05 Å². The molecule has 1 fully saturated rings. The Hall–Kier alpha value is -1.41. The lowest BCUT2D eigenvalue weighted by Gasteiger charge is -2.26. The minimum absolute atomic E-state index is 0.265. The maximum atomic E-state index is 4.43. The molecule has 3 rings (SSSR count). The van der Waals surface area contributed by atoms with E-state index in [2.05, 4.69) is 54.7 Å². The molecule has 94 valence electrons. The first kappa shape index (κ1) is 11.7. The summed E-state index contributed by atoms with van der Waals surface area (Å²) >= 11 is 0. The van der Waals surface area contributed by atoms with Crippen LogP contribution >= 0.6 is 0 Å². The Morgan fingerprint density at radius 1 is 1.28 bits per heavy atom. The van der Waals surface area contributed by atoms with E-state index in [0.29, 0.717) is 6.04 Å². The number of nitrogens with zero attached hydrogens (tertiary/aromatic N) is 1. The van der Waals surface area contributed by atoms with E-state index in [1.807, 2.05) is 6.20 Å². The molecule has 2 nitrogen and oxygen atoms in total. The number of pyridine rings is 1. The van der Waals surface area contributed by atoms with Gasteiger partial charge in [-0.1, -0.05) is 31.2 Å². The van der Waals surface area contributed by atoms with E-state index >= 15 is 0 Å². The summed E-state index contributed by atoms with van der Waals surface area (Å²) in [5.41, 5.74) is 1.68. The summed E-state index contributed by atoms with van der Waals surface area (Å²) in [6.45, 7) is 2.38. The van der Waals surface area contributed by atoms with Crippen molar-refractivity contribution < 1.29 is 0 Å². The summed E-state index contributed by atoms with van der Waals surface area (Å²) in [6.07, 6.45) is 7.75. The van der Waals surface area contributed by atoms with Gasteiger partial charge in [-0.3, -0.25) is 4.98 Å². The molecule has 1 aliphatic carbocycles. The molecule has 0 aliphatic heterocycles. The molecule has 1 aromatic carbocycles. The van der Waals surface area contributed by atoms with Gasteiger partial charge in [-0.2, -0.15) is 0 Å². The molecule has 1 N–H and O–H groups in total.